The molecule has 0 spiro atoms. The molecule has 0 bridgehead atoms. The molecule has 41 heavy (non-hydrogen) atoms. The molecule has 5 aromatic rings. The first-order chi connectivity index (χ1) is 19.6. The first kappa shape index (κ1) is 26.5. The second-order valence-electron chi connectivity index (χ2n) is 9.93. The Bertz CT molecular complexity index is 2010. The standard InChI is InChI=1S/C31H25FN2O6S/c1-18-6-4-9-23(12-18)41(37,38)34-26-11-10-22(39-2)15-24(26)28-27-20(14-25(29(28)34)31(36)40-3)17-33(30(27)35)16-19-7-5-8-21(32)13-19/h4-15H,16-17H2,1-3H3. The van der Waals surface area contributed by atoms with Crippen molar-refractivity contribution in [2.24, 2.45) is 0 Å². The van der Waals surface area contributed by atoms with Crippen molar-refractivity contribution in [1.82, 2.24) is 8.87 Å². The molecular formula is C31H25FN2O6S. The molecule has 0 N–H and O–H groups in total. The first-order valence-electron chi connectivity index (χ1n) is 12.8. The predicted octanol–water partition coefficient (Wildman–Crippen LogP) is 5.43. The molecule has 0 saturated heterocycles. The Kier molecular flexibility index (Phi) is 6.30. The maximum atomic E-state index is 14.3. The number of carbonyl (C=O) groups excluding carboxylic acids is 2. The number of hydrogen-bond donors (Lipinski definition) is 0. The van der Waals surface area contributed by atoms with E-state index in [4.69, 9.17) is 9.47 Å². The SMILES string of the molecule is COC(=O)c1cc2c(c3c4cc(OC)ccc4n(S(=O)(=O)c4cccc(C)c4)c13)C(=O)N(Cc1cccc(F)c1)C2. The van der Waals surface area contributed by atoms with Gasteiger partial charge in [-0.25, -0.2) is 21.6 Å². The van der Waals surface area contributed by atoms with Gasteiger partial charge in [-0.05, 0) is 72.1 Å². The topological polar surface area (TPSA) is 94.9 Å². The van der Waals surface area contributed by atoms with Crippen LogP contribution in [0.1, 0.15) is 37.4 Å². The molecule has 0 aliphatic carbocycles. The Balaban J connectivity index is 1.69. The van der Waals surface area contributed by atoms with E-state index in [9.17, 15) is 22.4 Å². The van der Waals surface area contributed by atoms with Gasteiger partial charge in [-0.2, -0.15) is 0 Å². The van der Waals surface area contributed by atoms with Gasteiger partial charge in [0.25, 0.3) is 15.9 Å². The molecule has 1 aliphatic rings. The summed E-state index contributed by atoms with van der Waals surface area (Å²) >= 11 is 0. The Morgan fingerprint density at radius 3 is 2.49 bits per heavy atom. The van der Waals surface area contributed by atoms with E-state index in [1.54, 1.807) is 60.4 Å². The van der Waals surface area contributed by atoms with E-state index in [2.05, 4.69) is 0 Å². The molecule has 0 radical (unpaired) electrons. The van der Waals surface area contributed by atoms with Crippen LogP contribution >= 0.6 is 0 Å². The first-order valence-corrected chi connectivity index (χ1v) is 14.2. The number of carbonyl (C=O) groups is 2. The summed E-state index contributed by atoms with van der Waals surface area (Å²) in [7, 11) is -1.55. The van der Waals surface area contributed by atoms with Crippen molar-refractivity contribution in [1.29, 1.82) is 0 Å². The predicted molar refractivity (Wildman–Crippen MR) is 151 cm³/mol. The molecule has 2 heterocycles. The van der Waals surface area contributed by atoms with Gasteiger partial charge in [-0.1, -0.05) is 24.3 Å². The lowest BCUT2D eigenvalue weighted by Crippen LogP contribution is -2.23. The molecule has 0 saturated carbocycles. The number of aromatic nitrogens is 1. The van der Waals surface area contributed by atoms with Crippen LogP contribution in [0.3, 0.4) is 0 Å². The third-order valence-corrected chi connectivity index (χ3v) is 9.04. The second kappa shape index (κ2) is 9.74. The van der Waals surface area contributed by atoms with Crippen LogP contribution in [0.15, 0.2) is 77.7 Å². The van der Waals surface area contributed by atoms with Crippen LogP contribution in [0.5, 0.6) is 5.75 Å². The molecule has 1 amide bonds. The molecule has 6 rings (SSSR count). The number of esters is 1. The van der Waals surface area contributed by atoms with Crippen LogP contribution in [0.2, 0.25) is 0 Å². The van der Waals surface area contributed by atoms with Crippen molar-refractivity contribution in [2.45, 2.75) is 24.9 Å². The molecule has 1 aliphatic heterocycles. The lowest BCUT2D eigenvalue weighted by Gasteiger charge is -2.15. The zero-order chi connectivity index (χ0) is 29.1. The number of aryl methyl sites for hydroxylation is 1. The number of hydrogen-bond acceptors (Lipinski definition) is 6. The highest BCUT2D eigenvalue weighted by Gasteiger charge is 2.36. The van der Waals surface area contributed by atoms with Crippen molar-refractivity contribution >= 4 is 43.7 Å². The van der Waals surface area contributed by atoms with E-state index >= 15 is 0 Å². The van der Waals surface area contributed by atoms with Crippen LogP contribution in [-0.4, -0.2) is 43.4 Å². The minimum atomic E-state index is -4.26. The highest BCUT2D eigenvalue weighted by atomic mass is 32.2. The Morgan fingerprint density at radius 2 is 1.78 bits per heavy atom. The van der Waals surface area contributed by atoms with E-state index in [-0.39, 0.29) is 46.1 Å². The molecule has 1 aromatic heterocycles. The van der Waals surface area contributed by atoms with Crippen molar-refractivity contribution in [3.05, 3.63) is 106 Å². The van der Waals surface area contributed by atoms with E-state index < -0.39 is 21.8 Å². The number of rotatable bonds is 6. The summed E-state index contributed by atoms with van der Waals surface area (Å²) in [4.78, 5) is 28.7. The summed E-state index contributed by atoms with van der Waals surface area (Å²) in [6.07, 6.45) is 0. The van der Waals surface area contributed by atoms with Crippen LogP contribution in [0, 0.1) is 12.7 Å². The zero-order valence-corrected chi connectivity index (χ0v) is 23.3. The number of nitrogens with zero attached hydrogens (tertiary/aromatic N) is 2. The maximum Gasteiger partial charge on any atom is 0.340 e. The largest absolute Gasteiger partial charge is 0.497 e. The summed E-state index contributed by atoms with van der Waals surface area (Å²) in [5.41, 5.74) is 2.48. The van der Waals surface area contributed by atoms with Gasteiger partial charge < -0.3 is 14.4 Å². The monoisotopic (exact) mass is 572 g/mol. The number of methoxy groups -OCH3 is 2. The molecular weight excluding hydrogens is 547 g/mol. The lowest BCUT2D eigenvalue weighted by molar-refractivity contribution is 0.0602. The lowest BCUT2D eigenvalue weighted by atomic mass is 9.98. The average molecular weight is 573 g/mol. The summed E-state index contributed by atoms with van der Waals surface area (Å²) in [6, 6.07) is 18.8. The fraction of sp³-hybridized carbons (Fsp3) is 0.161. The highest BCUT2D eigenvalue weighted by Crippen LogP contribution is 2.42. The van der Waals surface area contributed by atoms with Gasteiger partial charge >= 0.3 is 5.97 Å². The Hall–Kier alpha value is -4.70. The minimum Gasteiger partial charge on any atom is -0.497 e. The maximum absolute atomic E-state index is 14.3. The van der Waals surface area contributed by atoms with Crippen molar-refractivity contribution in [3.8, 4) is 5.75 Å². The van der Waals surface area contributed by atoms with Crippen LogP contribution in [0.4, 0.5) is 4.39 Å². The quantitative estimate of drug-likeness (QED) is 0.252. The normalized spacial score (nSPS) is 13.2. The van der Waals surface area contributed by atoms with Crippen LogP contribution in [-0.2, 0) is 27.8 Å². The second-order valence-corrected chi connectivity index (χ2v) is 11.7. The number of ether oxygens (including phenoxy) is 2. The number of benzene rings is 4. The molecule has 10 heteroatoms. The number of fused-ring (bicyclic) bond motifs is 5. The third kappa shape index (κ3) is 4.22. The fourth-order valence-electron chi connectivity index (χ4n) is 5.53. The summed E-state index contributed by atoms with van der Waals surface area (Å²) < 4.78 is 54.1. The molecule has 0 unspecified atom stereocenters. The van der Waals surface area contributed by atoms with Gasteiger partial charge in [0, 0.05) is 23.9 Å². The van der Waals surface area contributed by atoms with Gasteiger partial charge in [0.05, 0.1) is 41.3 Å². The van der Waals surface area contributed by atoms with Crippen molar-refractivity contribution < 1.29 is 31.9 Å². The molecule has 0 atom stereocenters. The molecule has 208 valence electrons. The van der Waals surface area contributed by atoms with Gasteiger partial charge in [0.2, 0.25) is 0 Å². The van der Waals surface area contributed by atoms with Gasteiger partial charge in [0.1, 0.15) is 11.6 Å². The van der Waals surface area contributed by atoms with Gasteiger partial charge in [-0.15, -0.1) is 0 Å². The highest BCUT2D eigenvalue weighted by molar-refractivity contribution is 7.90. The van der Waals surface area contributed by atoms with Gasteiger partial charge in [-0.3, -0.25) is 4.79 Å². The minimum absolute atomic E-state index is 0.00745. The van der Waals surface area contributed by atoms with E-state index in [1.165, 1.54) is 38.5 Å². The van der Waals surface area contributed by atoms with Crippen molar-refractivity contribution in [3.63, 3.8) is 0 Å². The average Bonchev–Trinajstić information content (AvgIpc) is 3.46. The number of halogens is 1. The Morgan fingerprint density at radius 1 is 1.00 bits per heavy atom. The third-order valence-electron chi connectivity index (χ3n) is 7.33. The number of amides is 1. The van der Waals surface area contributed by atoms with Crippen LogP contribution in [0.25, 0.3) is 21.8 Å². The summed E-state index contributed by atoms with van der Waals surface area (Å²) in [6.45, 7) is 2.06. The fourth-order valence-corrected chi connectivity index (χ4v) is 7.17. The van der Waals surface area contributed by atoms with Crippen LogP contribution < -0.4 is 4.74 Å². The Labute approximate surface area is 235 Å². The van der Waals surface area contributed by atoms with E-state index in [0.29, 0.717) is 27.6 Å². The van der Waals surface area contributed by atoms with E-state index in [0.717, 1.165) is 9.54 Å². The molecule has 8 nitrogen and oxygen atoms in total. The molecule has 4 aromatic carbocycles. The van der Waals surface area contributed by atoms with Crippen molar-refractivity contribution in [2.75, 3.05) is 14.2 Å². The zero-order valence-electron chi connectivity index (χ0n) is 22.5. The van der Waals surface area contributed by atoms with Gasteiger partial charge in [0.15, 0.2) is 0 Å². The molecule has 0 fully saturated rings. The summed E-state index contributed by atoms with van der Waals surface area (Å²) in [5, 5.41) is 0.735. The summed E-state index contributed by atoms with van der Waals surface area (Å²) in [5.74, 6) is -1.08. The van der Waals surface area contributed by atoms with E-state index in [1.807, 2.05) is 0 Å². The smallest absolute Gasteiger partial charge is 0.340 e.